The summed E-state index contributed by atoms with van der Waals surface area (Å²) in [5, 5.41) is 5.90. The molecule has 5 heteroatoms. The van der Waals surface area contributed by atoms with Crippen molar-refractivity contribution in [1.29, 1.82) is 0 Å². The number of fused-ring (bicyclic) bond motifs is 1. The Balaban J connectivity index is 1.34. The SMILES string of the molecule is CC(C)(C)c1ccc(OCC(=O)Nc2ncc(Cc3cccc4ccccc34)s2)cc1. The van der Waals surface area contributed by atoms with Gasteiger partial charge in [0.05, 0.1) is 0 Å². The van der Waals surface area contributed by atoms with Crippen molar-refractivity contribution in [3.63, 3.8) is 0 Å². The van der Waals surface area contributed by atoms with Crippen molar-refractivity contribution in [3.8, 4) is 5.75 Å². The normalized spacial score (nSPS) is 11.5. The van der Waals surface area contributed by atoms with Gasteiger partial charge in [-0.1, -0.05) is 75.4 Å². The smallest absolute Gasteiger partial charge is 0.264 e. The van der Waals surface area contributed by atoms with Crippen LogP contribution in [0.15, 0.2) is 72.9 Å². The van der Waals surface area contributed by atoms with Gasteiger partial charge in [-0.25, -0.2) is 4.98 Å². The summed E-state index contributed by atoms with van der Waals surface area (Å²) in [4.78, 5) is 17.7. The highest BCUT2D eigenvalue weighted by molar-refractivity contribution is 7.15. The van der Waals surface area contributed by atoms with Crippen LogP contribution in [-0.4, -0.2) is 17.5 Å². The topological polar surface area (TPSA) is 51.2 Å². The van der Waals surface area contributed by atoms with E-state index in [0.29, 0.717) is 10.9 Å². The molecular weight excluding hydrogens is 404 g/mol. The molecule has 0 saturated heterocycles. The highest BCUT2D eigenvalue weighted by Crippen LogP contribution is 2.26. The fourth-order valence-electron chi connectivity index (χ4n) is 3.44. The first-order chi connectivity index (χ1) is 14.9. The molecule has 4 nitrogen and oxygen atoms in total. The van der Waals surface area contributed by atoms with Crippen LogP contribution in [-0.2, 0) is 16.6 Å². The predicted molar refractivity (Wildman–Crippen MR) is 128 cm³/mol. The van der Waals surface area contributed by atoms with Gasteiger partial charge in [0.25, 0.3) is 5.91 Å². The van der Waals surface area contributed by atoms with Crippen molar-refractivity contribution in [2.45, 2.75) is 32.6 Å². The van der Waals surface area contributed by atoms with Crippen LogP contribution in [0.1, 0.15) is 36.8 Å². The minimum absolute atomic E-state index is 0.0485. The van der Waals surface area contributed by atoms with Gasteiger partial charge in [-0.05, 0) is 39.4 Å². The molecule has 0 spiro atoms. The van der Waals surface area contributed by atoms with Crippen molar-refractivity contribution in [2.24, 2.45) is 0 Å². The zero-order chi connectivity index (χ0) is 21.8. The number of nitrogens with zero attached hydrogens (tertiary/aromatic N) is 1. The van der Waals surface area contributed by atoms with E-state index in [1.165, 1.54) is 33.2 Å². The standard InChI is InChI=1S/C26H26N2O2S/c1-26(2,3)20-11-13-21(14-12-20)30-17-24(29)28-25-27-16-22(31-25)15-19-9-6-8-18-7-4-5-10-23(18)19/h4-14,16H,15,17H2,1-3H3,(H,27,28,29). The monoisotopic (exact) mass is 430 g/mol. The first-order valence-electron chi connectivity index (χ1n) is 10.3. The van der Waals surface area contributed by atoms with Crippen LogP contribution >= 0.6 is 11.3 Å². The van der Waals surface area contributed by atoms with Crippen molar-refractivity contribution < 1.29 is 9.53 Å². The van der Waals surface area contributed by atoms with Crippen LogP contribution in [0.4, 0.5) is 5.13 Å². The number of hydrogen-bond donors (Lipinski definition) is 1. The lowest BCUT2D eigenvalue weighted by Gasteiger charge is -2.19. The Labute approximate surface area is 186 Å². The maximum Gasteiger partial charge on any atom is 0.264 e. The molecule has 0 atom stereocenters. The Morgan fingerprint density at radius 1 is 1.00 bits per heavy atom. The van der Waals surface area contributed by atoms with Crippen molar-refractivity contribution in [2.75, 3.05) is 11.9 Å². The lowest BCUT2D eigenvalue weighted by atomic mass is 9.87. The van der Waals surface area contributed by atoms with Crippen LogP contribution in [0.25, 0.3) is 10.8 Å². The minimum Gasteiger partial charge on any atom is -0.484 e. The highest BCUT2D eigenvalue weighted by Gasteiger charge is 2.13. The molecule has 3 aromatic carbocycles. The average Bonchev–Trinajstić information content (AvgIpc) is 3.19. The van der Waals surface area contributed by atoms with E-state index in [2.05, 4.69) is 67.5 Å². The lowest BCUT2D eigenvalue weighted by molar-refractivity contribution is -0.118. The highest BCUT2D eigenvalue weighted by atomic mass is 32.1. The quantitative estimate of drug-likeness (QED) is 0.396. The number of thiazole rings is 1. The molecule has 1 N–H and O–H groups in total. The molecule has 4 aromatic rings. The van der Waals surface area contributed by atoms with Gasteiger partial charge in [-0.15, -0.1) is 11.3 Å². The summed E-state index contributed by atoms with van der Waals surface area (Å²) in [7, 11) is 0. The third-order valence-corrected chi connectivity index (χ3v) is 6.05. The van der Waals surface area contributed by atoms with E-state index in [1.807, 2.05) is 36.5 Å². The van der Waals surface area contributed by atoms with Gasteiger partial charge in [0.1, 0.15) is 5.75 Å². The number of amides is 1. The summed E-state index contributed by atoms with van der Waals surface area (Å²) in [6, 6.07) is 22.6. The summed E-state index contributed by atoms with van der Waals surface area (Å²) in [5.74, 6) is 0.463. The molecule has 0 aliphatic heterocycles. The molecule has 0 aliphatic carbocycles. The van der Waals surface area contributed by atoms with Crippen molar-refractivity contribution >= 4 is 33.1 Å². The molecule has 0 aliphatic rings. The minimum atomic E-state index is -0.217. The van der Waals surface area contributed by atoms with E-state index in [9.17, 15) is 4.79 Å². The van der Waals surface area contributed by atoms with Gasteiger partial charge in [-0.2, -0.15) is 0 Å². The number of carbonyl (C=O) groups excluding carboxylic acids is 1. The zero-order valence-electron chi connectivity index (χ0n) is 18.0. The third kappa shape index (κ3) is 5.30. The lowest BCUT2D eigenvalue weighted by Crippen LogP contribution is -2.20. The molecule has 31 heavy (non-hydrogen) atoms. The van der Waals surface area contributed by atoms with Crippen LogP contribution in [0.3, 0.4) is 0 Å². The van der Waals surface area contributed by atoms with Crippen LogP contribution < -0.4 is 10.1 Å². The largest absolute Gasteiger partial charge is 0.484 e. The summed E-state index contributed by atoms with van der Waals surface area (Å²) < 4.78 is 5.62. The van der Waals surface area contributed by atoms with Gasteiger partial charge >= 0.3 is 0 Å². The first-order valence-corrected chi connectivity index (χ1v) is 11.1. The van der Waals surface area contributed by atoms with Gasteiger partial charge in [0, 0.05) is 17.5 Å². The first kappa shape index (κ1) is 21.1. The van der Waals surface area contributed by atoms with Crippen LogP contribution in [0, 0.1) is 0 Å². The molecule has 158 valence electrons. The fourth-order valence-corrected chi connectivity index (χ4v) is 4.29. The zero-order valence-corrected chi connectivity index (χ0v) is 18.8. The van der Waals surface area contributed by atoms with Crippen molar-refractivity contribution in [1.82, 2.24) is 4.98 Å². The van der Waals surface area contributed by atoms with Gasteiger partial charge in [-0.3, -0.25) is 10.1 Å². The number of anilines is 1. The molecule has 1 heterocycles. The van der Waals surface area contributed by atoms with E-state index >= 15 is 0 Å². The number of rotatable bonds is 6. The Kier molecular flexibility index (Phi) is 6.05. The number of ether oxygens (including phenoxy) is 1. The van der Waals surface area contributed by atoms with E-state index in [0.717, 1.165) is 11.3 Å². The molecule has 0 fully saturated rings. The summed E-state index contributed by atoms with van der Waals surface area (Å²) in [6.07, 6.45) is 2.61. The Bertz CT molecular complexity index is 1180. The Morgan fingerprint density at radius 3 is 2.52 bits per heavy atom. The maximum atomic E-state index is 12.3. The molecule has 1 amide bonds. The number of nitrogens with one attached hydrogen (secondary N) is 1. The van der Waals surface area contributed by atoms with Gasteiger partial charge < -0.3 is 4.74 Å². The van der Waals surface area contributed by atoms with E-state index in [4.69, 9.17) is 4.74 Å². The number of hydrogen-bond acceptors (Lipinski definition) is 4. The van der Waals surface area contributed by atoms with E-state index < -0.39 is 0 Å². The summed E-state index contributed by atoms with van der Waals surface area (Å²) in [5.41, 5.74) is 2.57. The molecule has 0 radical (unpaired) electrons. The number of aromatic nitrogens is 1. The average molecular weight is 431 g/mol. The van der Waals surface area contributed by atoms with E-state index in [-0.39, 0.29) is 17.9 Å². The Hall–Kier alpha value is -3.18. The second kappa shape index (κ2) is 8.90. The summed E-state index contributed by atoms with van der Waals surface area (Å²) >= 11 is 1.49. The fraction of sp³-hybridized carbons (Fsp3) is 0.231. The van der Waals surface area contributed by atoms with Gasteiger partial charge in [0.15, 0.2) is 11.7 Å². The molecular formula is C26H26N2O2S. The number of benzene rings is 3. The summed E-state index contributed by atoms with van der Waals surface area (Å²) in [6.45, 7) is 6.45. The van der Waals surface area contributed by atoms with Crippen molar-refractivity contribution in [3.05, 3.63) is 88.9 Å². The van der Waals surface area contributed by atoms with Gasteiger partial charge in [0.2, 0.25) is 0 Å². The molecule has 4 rings (SSSR count). The third-order valence-electron chi connectivity index (χ3n) is 5.13. The molecule has 0 saturated carbocycles. The molecule has 0 unspecified atom stereocenters. The van der Waals surface area contributed by atoms with Crippen LogP contribution in [0.2, 0.25) is 0 Å². The maximum absolute atomic E-state index is 12.3. The molecule has 0 bridgehead atoms. The number of carbonyl (C=O) groups is 1. The Morgan fingerprint density at radius 2 is 1.74 bits per heavy atom. The predicted octanol–water partition coefficient (Wildman–Crippen LogP) is 6.20. The second-order valence-electron chi connectivity index (χ2n) is 8.56. The second-order valence-corrected chi connectivity index (χ2v) is 9.67. The molecule has 1 aromatic heterocycles. The van der Waals surface area contributed by atoms with E-state index in [1.54, 1.807) is 0 Å². The van der Waals surface area contributed by atoms with Crippen LogP contribution in [0.5, 0.6) is 5.75 Å².